The van der Waals surface area contributed by atoms with E-state index in [1.165, 1.54) is 30.5 Å². The van der Waals surface area contributed by atoms with E-state index in [0.717, 1.165) is 0 Å². The lowest BCUT2D eigenvalue weighted by Gasteiger charge is -2.11. The van der Waals surface area contributed by atoms with E-state index in [4.69, 9.17) is 22.7 Å². The molecular formula is C16H18ClFN6O. The normalized spacial score (nSPS) is 10.2. The Kier molecular flexibility index (Phi) is 6.13. The third-order valence-electron chi connectivity index (χ3n) is 3.24. The molecule has 9 heteroatoms. The highest BCUT2D eigenvalue weighted by atomic mass is 35.5. The third-order valence-corrected chi connectivity index (χ3v) is 3.53. The first kappa shape index (κ1) is 18.5. The molecule has 0 fully saturated rings. The zero-order chi connectivity index (χ0) is 18.4. The lowest BCUT2D eigenvalue weighted by Crippen LogP contribution is -2.29. The van der Waals surface area contributed by atoms with Gasteiger partial charge in [-0.1, -0.05) is 17.7 Å². The molecule has 2 rings (SSSR count). The summed E-state index contributed by atoms with van der Waals surface area (Å²) in [6.45, 7) is 2.63. The first-order valence-electron chi connectivity index (χ1n) is 7.47. The number of benzene rings is 1. The van der Waals surface area contributed by atoms with Gasteiger partial charge in [0.05, 0.1) is 10.6 Å². The molecule has 0 saturated heterocycles. The van der Waals surface area contributed by atoms with Crippen LogP contribution in [0.4, 0.5) is 20.7 Å². The second-order valence-electron chi connectivity index (χ2n) is 5.12. The summed E-state index contributed by atoms with van der Waals surface area (Å²) in [5, 5.41) is 15.8. The highest BCUT2D eigenvalue weighted by Gasteiger charge is 2.09. The van der Waals surface area contributed by atoms with Crippen LogP contribution < -0.4 is 21.7 Å². The fraction of sp³-hybridized carbons (Fsp3) is 0.188. The van der Waals surface area contributed by atoms with Crippen molar-refractivity contribution in [2.75, 3.05) is 17.6 Å². The van der Waals surface area contributed by atoms with E-state index in [0.29, 0.717) is 23.4 Å². The second-order valence-corrected chi connectivity index (χ2v) is 5.53. The van der Waals surface area contributed by atoms with Gasteiger partial charge in [0.2, 0.25) is 0 Å². The number of nitrogens with zero attached hydrogens (tertiary/aromatic N) is 1. The van der Waals surface area contributed by atoms with Gasteiger partial charge in [-0.2, -0.15) is 0 Å². The Morgan fingerprint density at radius 3 is 2.76 bits per heavy atom. The Morgan fingerprint density at radius 1 is 1.36 bits per heavy atom. The summed E-state index contributed by atoms with van der Waals surface area (Å²) in [4.78, 5) is 16.0. The van der Waals surface area contributed by atoms with Crippen LogP contribution >= 0.6 is 11.6 Å². The van der Waals surface area contributed by atoms with Gasteiger partial charge in [0.15, 0.2) is 0 Å². The molecule has 1 heterocycles. The molecule has 0 aliphatic carbocycles. The van der Waals surface area contributed by atoms with Crippen molar-refractivity contribution in [1.29, 1.82) is 5.41 Å². The highest BCUT2D eigenvalue weighted by molar-refractivity contribution is 6.30. The Labute approximate surface area is 149 Å². The average Bonchev–Trinajstić information content (AvgIpc) is 2.56. The number of rotatable bonds is 5. The SMILES string of the molecule is CCNC(=N)c1cnc(NC(=O)NCc2ccc(F)c(Cl)c2)cc1N. The van der Waals surface area contributed by atoms with Crippen LogP contribution in [-0.4, -0.2) is 23.4 Å². The first-order valence-corrected chi connectivity index (χ1v) is 7.85. The molecule has 0 saturated carbocycles. The van der Waals surface area contributed by atoms with Gasteiger partial charge in [0.25, 0.3) is 0 Å². The second kappa shape index (κ2) is 8.29. The molecule has 0 aliphatic heterocycles. The number of urea groups is 1. The monoisotopic (exact) mass is 364 g/mol. The summed E-state index contributed by atoms with van der Waals surface area (Å²) in [6, 6.07) is 5.17. The van der Waals surface area contributed by atoms with Gasteiger partial charge in [-0.15, -0.1) is 0 Å². The van der Waals surface area contributed by atoms with E-state index >= 15 is 0 Å². The van der Waals surface area contributed by atoms with Crippen molar-refractivity contribution < 1.29 is 9.18 Å². The predicted molar refractivity (Wildman–Crippen MR) is 96.4 cm³/mol. The van der Waals surface area contributed by atoms with Gasteiger partial charge < -0.3 is 16.4 Å². The molecule has 0 spiro atoms. The number of hydrogen-bond donors (Lipinski definition) is 5. The number of nitrogens with one attached hydrogen (secondary N) is 4. The fourth-order valence-electron chi connectivity index (χ4n) is 2.01. The molecular weight excluding hydrogens is 347 g/mol. The third kappa shape index (κ3) is 5.05. The minimum atomic E-state index is -0.516. The molecule has 1 aromatic heterocycles. The summed E-state index contributed by atoms with van der Waals surface area (Å²) in [5.74, 6) is -0.102. The van der Waals surface area contributed by atoms with Crippen LogP contribution in [0.5, 0.6) is 0 Å². The minimum absolute atomic E-state index is 0.00660. The zero-order valence-corrected chi connectivity index (χ0v) is 14.2. The molecule has 2 amide bonds. The minimum Gasteiger partial charge on any atom is -0.398 e. The number of aromatic nitrogens is 1. The maximum Gasteiger partial charge on any atom is 0.320 e. The molecule has 0 unspecified atom stereocenters. The predicted octanol–water partition coefficient (Wildman–Crippen LogP) is 2.71. The van der Waals surface area contributed by atoms with Crippen LogP contribution in [0.1, 0.15) is 18.1 Å². The Bertz CT molecular complexity index is 798. The van der Waals surface area contributed by atoms with Gasteiger partial charge in [-0.05, 0) is 24.6 Å². The molecule has 0 aliphatic rings. The van der Waals surface area contributed by atoms with Gasteiger partial charge >= 0.3 is 6.03 Å². The molecule has 132 valence electrons. The topological polar surface area (TPSA) is 116 Å². The maximum absolute atomic E-state index is 13.1. The lowest BCUT2D eigenvalue weighted by molar-refractivity contribution is 0.251. The fourth-order valence-corrected chi connectivity index (χ4v) is 2.22. The molecule has 6 N–H and O–H groups in total. The zero-order valence-electron chi connectivity index (χ0n) is 13.5. The number of amides is 2. The van der Waals surface area contributed by atoms with Crippen LogP contribution in [0.25, 0.3) is 0 Å². The van der Waals surface area contributed by atoms with Crippen LogP contribution in [-0.2, 0) is 6.54 Å². The number of pyridine rings is 1. The molecule has 2 aromatic rings. The number of nitrogen functional groups attached to an aromatic ring is 1. The summed E-state index contributed by atoms with van der Waals surface area (Å²) in [7, 11) is 0. The number of hydrogen-bond acceptors (Lipinski definition) is 4. The van der Waals surface area contributed by atoms with Crippen LogP contribution in [0, 0.1) is 11.2 Å². The molecule has 0 atom stereocenters. The van der Waals surface area contributed by atoms with Crippen molar-refractivity contribution in [3.63, 3.8) is 0 Å². The smallest absolute Gasteiger partial charge is 0.320 e. The van der Waals surface area contributed by atoms with Gasteiger partial charge in [0, 0.05) is 31.0 Å². The van der Waals surface area contributed by atoms with Crippen molar-refractivity contribution in [2.45, 2.75) is 13.5 Å². The van der Waals surface area contributed by atoms with E-state index in [9.17, 15) is 9.18 Å². The number of amidine groups is 1. The van der Waals surface area contributed by atoms with Crippen molar-refractivity contribution in [2.24, 2.45) is 0 Å². The molecule has 0 radical (unpaired) electrons. The van der Waals surface area contributed by atoms with E-state index in [2.05, 4.69) is 20.9 Å². The van der Waals surface area contributed by atoms with Crippen LogP contribution in [0.2, 0.25) is 5.02 Å². The summed E-state index contributed by atoms with van der Waals surface area (Å²) < 4.78 is 13.1. The summed E-state index contributed by atoms with van der Waals surface area (Å²) in [6.07, 6.45) is 1.41. The Hall–Kier alpha value is -2.87. The van der Waals surface area contributed by atoms with Crippen LogP contribution in [0.3, 0.4) is 0 Å². The van der Waals surface area contributed by atoms with Crippen molar-refractivity contribution >= 4 is 35.0 Å². The van der Waals surface area contributed by atoms with Gasteiger partial charge in [-0.25, -0.2) is 14.2 Å². The molecule has 0 bridgehead atoms. The lowest BCUT2D eigenvalue weighted by atomic mass is 10.2. The van der Waals surface area contributed by atoms with E-state index < -0.39 is 11.8 Å². The highest BCUT2D eigenvalue weighted by Crippen LogP contribution is 2.16. The Morgan fingerprint density at radius 2 is 2.12 bits per heavy atom. The van der Waals surface area contributed by atoms with Crippen molar-refractivity contribution in [1.82, 2.24) is 15.6 Å². The van der Waals surface area contributed by atoms with Gasteiger partial charge in [-0.3, -0.25) is 10.7 Å². The van der Waals surface area contributed by atoms with E-state index in [1.54, 1.807) is 0 Å². The maximum atomic E-state index is 13.1. The largest absolute Gasteiger partial charge is 0.398 e. The molecule has 7 nitrogen and oxygen atoms in total. The van der Waals surface area contributed by atoms with E-state index in [1.807, 2.05) is 6.92 Å². The average molecular weight is 365 g/mol. The number of carbonyl (C=O) groups is 1. The van der Waals surface area contributed by atoms with Crippen LogP contribution in [0.15, 0.2) is 30.5 Å². The number of halogens is 2. The molecule has 25 heavy (non-hydrogen) atoms. The number of nitrogens with two attached hydrogens (primary N) is 1. The van der Waals surface area contributed by atoms with E-state index in [-0.39, 0.29) is 23.2 Å². The summed E-state index contributed by atoms with van der Waals surface area (Å²) >= 11 is 5.69. The summed E-state index contributed by atoms with van der Waals surface area (Å²) in [5.41, 5.74) is 7.31. The first-order chi connectivity index (χ1) is 11.9. The quantitative estimate of drug-likeness (QED) is 0.414. The Balaban J connectivity index is 1.95. The standard InChI is InChI=1S/C16H18ClFN6O/c1-2-21-15(20)10-8-22-14(6-13(10)19)24-16(25)23-7-9-3-4-12(18)11(17)5-9/h3-6,8H,2,7H2,1H3,(H2,20,21)(H4,19,22,23,24,25). The number of carbonyl (C=O) groups excluding carboxylic acids is 1. The number of anilines is 2. The van der Waals surface area contributed by atoms with Crippen molar-refractivity contribution in [3.05, 3.63) is 52.4 Å². The van der Waals surface area contributed by atoms with Gasteiger partial charge in [0.1, 0.15) is 17.5 Å². The molecule has 1 aromatic carbocycles. The van der Waals surface area contributed by atoms with Crippen molar-refractivity contribution in [3.8, 4) is 0 Å².